The Hall–Kier alpha value is -4.83. The van der Waals surface area contributed by atoms with Gasteiger partial charge in [-0.2, -0.15) is 0 Å². The first-order valence-electron chi connectivity index (χ1n) is 15.5. The lowest BCUT2D eigenvalue weighted by atomic mass is 9.94. The molecule has 1 aliphatic heterocycles. The molecule has 1 atom stereocenters. The molecule has 0 fully saturated rings. The second kappa shape index (κ2) is 14.3. The van der Waals surface area contributed by atoms with Gasteiger partial charge in [-0.3, -0.25) is 9.36 Å². The molecular weight excluding hydrogens is 616 g/mol. The molecule has 10 heteroatoms. The van der Waals surface area contributed by atoms with Crippen LogP contribution >= 0.6 is 11.3 Å². The van der Waals surface area contributed by atoms with E-state index >= 15 is 0 Å². The zero-order valence-electron chi connectivity index (χ0n) is 28.1. The highest BCUT2D eigenvalue weighted by Gasteiger charge is 2.36. The van der Waals surface area contributed by atoms with E-state index in [2.05, 4.69) is 32.9 Å². The van der Waals surface area contributed by atoms with Gasteiger partial charge in [-0.1, -0.05) is 47.2 Å². The normalized spacial score (nSPS) is 14.4. The van der Waals surface area contributed by atoms with Crippen LogP contribution in [0.5, 0.6) is 23.0 Å². The van der Waals surface area contributed by atoms with Crippen LogP contribution in [0.3, 0.4) is 0 Å². The Labute approximate surface area is 278 Å². The number of nitrogens with zero attached hydrogens (tertiary/aromatic N) is 2. The molecule has 1 aromatic heterocycles. The van der Waals surface area contributed by atoms with E-state index in [1.165, 1.54) is 32.6 Å². The van der Waals surface area contributed by atoms with Gasteiger partial charge in [0.25, 0.3) is 5.56 Å². The predicted molar refractivity (Wildman–Crippen MR) is 183 cm³/mol. The van der Waals surface area contributed by atoms with Crippen molar-refractivity contribution in [2.45, 2.75) is 54.2 Å². The number of para-hydroxylation sites is 1. The average molecular weight is 657 g/mol. The molecule has 4 aromatic rings. The first kappa shape index (κ1) is 33.5. The molecule has 0 amide bonds. The molecule has 246 valence electrons. The summed E-state index contributed by atoms with van der Waals surface area (Å²) in [5, 5.41) is 0. The van der Waals surface area contributed by atoms with Gasteiger partial charge in [-0.05, 0) is 88.1 Å². The molecule has 0 saturated heterocycles. The van der Waals surface area contributed by atoms with E-state index in [1.54, 1.807) is 40.2 Å². The van der Waals surface area contributed by atoms with E-state index in [1.807, 2.05) is 37.3 Å². The Bertz CT molecular complexity index is 2020. The average Bonchev–Trinajstić information content (AvgIpc) is 3.34. The Morgan fingerprint density at radius 3 is 2.30 bits per heavy atom. The minimum Gasteiger partial charge on any atom is -0.493 e. The molecule has 0 aliphatic carbocycles. The number of hydrogen-bond acceptors (Lipinski definition) is 9. The van der Waals surface area contributed by atoms with Crippen molar-refractivity contribution < 1.29 is 28.5 Å². The van der Waals surface area contributed by atoms with E-state index in [-0.39, 0.29) is 17.7 Å². The number of carbonyl (C=O) groups excluding carboxylic acids is 1. The van der Waals surface area contributed by atoms with Gasteiger partial charge in [0.05, 0.1) is 43.2 Å². The molecule has 47 heavy (non-hydrogen) atoms. The van der Waals surface area contributed by atoms with Crippen LogP contribution in [0, 0.1) is 20.8 Å². The number of benzene rings is 3. The molecule has 5 rings (SSSR count). The lowest BCUT2D eigenvalue weighted by molar-refractivity contribution is -0.139. The first-order valence-corrected chi connectivity index (χ1v) is 16.3. The maximum absolute atomic E-state index is 14.2. The van der Waals surface area contributed by atoms with Crippen LogP contribution in [0.25, 0.3) is 6.08 Å². The van der Waals surface area contributed by atoms with E-state index < -0.39 is 12.0 Å². The lowest BCUT2D eigenvalue weighted by Gasteiger charge is -2.26. The van der Waals surface area contributed by atoms with Crippen LogP contribution in [0.1, 0.15) is 60.2 Å². The highest BCUT2D eigenvalue weighted by atomic mass is 32.1. The number of aromatic nitrogens is 1. The van der Waals surface area contributed by atoms with Crippen molar-refractivity contribution in [1.29, 1.82) is 0 Å². The van der Waals surface area contributed by atoms with Gasteiger partial charge >= 0.3 is 5.97 Å². The molecular formula is C37H40N2O7S. The van der Waals surface area contributed by atoms with Crippen LogP contribution in [-0.4, -0.2) is 38.0 Å². The number of aryl methyl sites for hydroxylation is 3. The molecule has 3 aromatic carbocycles. The van der Waals surface area contributed by atoms with Crippen LogP contribution in [0.2, 0.25) is 0 Å². The summed E-state index contributed by atoms with van der Waals surface area (Å²) >= 11 is 1.24. The SMILES string of the molecule is CCOC(=O)C1=C(C)N=c2s/c(=C\c3ccc(OCc4c(C)cc(C)cc4C)c(OC)c3)c(=O)n2[C@H]1c1cccc(OC)c1OCC. The summed E-state index contributed by atoms with van der Waals surface area (Å²) in [5.41, 5.74) is 6.48. The summed E-state index contributed by atoms with van der Waals surface area (Å²) in [5.74, 6) is 1.54. The lowest BCUT2D eigenvalue weighted by Crippen LogP contribution is -2.40. The van der Waals surface area contributed by atoms with Crippen LogP contribution < -0.4 is 33.8 Å². The number of rotatable bonds is 11. The quantitative estimate of drug-likeness (QED) is 0.191. The van der Waals surface area contributed by atoms with Crippen molar-refractivity contribution in [3.8, 4) is 23.0 Å². The van der Waals surface area contributed by atoms with Crippen molar-refractivity contribution >= 4 is 23.4 Å². The van der Waals surface area contributed by atoms with Crippen molar-refractivity contribution in [1.82, 2.24) is 4.57 Å². The van der Waals surface area contributed by atoms with Gasteiger partial charge in [0.15, 0.2) is 27.8 Å². The fourth-order valence-electron chi connectivity index (χ4n) is 5.93. The van der Waals surface area contributed by atoms with Crippen molar-refractivity contribution in [3.63, 3.8) is 0 Å². The molecule has 0 radical (unpaired) electrons. The van der Waals surface area contributed by atoms with Crippen LogP contribution in [-0.2, 0) is 16.1 Å². The number of allylic oxidation sites excluding steroid dienone is 1. The third-order valence-corrected chi connectivity index (χ3v) is 9.01. The molecule has 9 nitrogen and oxygen atoms in total. The number of ether oxygens (including phenoxy) is 5. The molecule has 0 N–H and O–H groups in total. The van der Waals surface area contributed by atoms with Gasteiger partial charge in [0, 0.05) is 5.56 Å². The van der Waals surface area contributed by atoms with E-state index in [0.717, 1.165) is 11.1 Å². The summed E-state index contributed by atoms with van der Waals surface area (Å²) < 4.78 is 30.9. The second-order valence-corrected chi connectivity index (χ2v) is 12.2. The van der Waals surface area contributed by atoms with Gasteiger partial charge < -0.3 is 23.7 Å². The Kier molecular flexibility index (Phi) is 10.2. The molecule has 0 unspecified atom stereocenters. The number of thiazole rings is 1. The fraction of sp³-hybridized carbons (Fsp3) is 0.324. The van der Waals surface area contributed by atoms with E-state index in [0.29, 0.717) is 56.8 Å². The summed E-state index contributed by atoms with van der Waals surface area (Å²) in [7, 11) is 3.14. The van der Waals surface area contributed by atoms with Gasteiger partial charge in [-0.15, -0.1) is 0 Å². The number of esters is 1. The maximum Gasteiger partial charge on any atom is 0.338 e. The molecule has 2 heterocycles. The van der Waals surface area contributed by atoms with Crippen molar-refractivity contribution in [2.75, 3.05) is 27.4 Å². The third-order valence-electron chi connectivity index (χ3n) is 8.03. The topological polar surface area (TPSA) is 97.6 Å². The van der Waals surface area contributed by atoms with Crippen LogP contribution in [0.4, 0.5) is 0 Å². The fourth-order valence-corrected chi connectivity index (χ4v) is 6.97. The highest BCUT2D eigenvalue weighted by molar-refractivity contribution is 7.07. The van der Waals surface area contributed by atoms with E-state index in [9.17, 15) is 9.59 Å². The van der Waals surface area contributed by atoms with Gasteiger partial charge in [0.2, 0.25) is 0 Å². The molecule has 0 saturated carbocycles. The standard InChI is InChI=1S/C37H40N2O7S/c1-9-44-34-26(12-11-13-29(34)42-7)33-32(36(41)45-10-2)24(6)38-37-39(33)35(40)31(47-37)19-25-14-15-28(30(18-25)43-8)46-20-27-22(4)16-21(3)17-23(27)5/h11-19,33H,9-10,20H2,1-8H3/b31-19-/t33-/m0/s1. The van der Waals surface area contributed by atoms with E-state index in [4.69, 9.17) is 28.7 Å². The number of carbonyl (C=O) groups is 1. The number of methoxy groups -OCH3 is 2. The summed E-state index contributed by atoms with van der Waals surface area (Å²) in [4.78, 5) is 32.7. The van der Waals surface area contributed by atoms with Gasteiger partial charge in [-0.25, -0.2) is 9.79 Å². The minimum atomic E-state index is -0.844. The summed E-state index contributed by atoms with van der Waals surface area (Å²) in [6.07, 6.45) is 1.79. The minimum absolute atomic E-state index is 0.176. The predicted octanol–water partition coefficient (Wildman–Crippen LogP) is 5.72. The Morgan fingerprint density at radius 2 is 1.64 bits per heavy atom. The molecule has 0 bridgehead atoms. The van der Waals surface area contributed by atoms with Crippen molar-refractivity contribution in [2.24, 2.45) is 4.99 Å². The summed E-state index contributed by atoms with van der Waals surface area (Å²) in [6, 6.07) is 14.4. The highest BCUT2D eigenvalue weighted by Crippen LogP contribution is 2.41. The number of fused-ring (bicyclic) bond motifs is 1. The maximum atomic E-state index is 14.2. The van der Waals surface area contributed by atoms with Crippen LogP contribution in [0.15, 0.2) is 69.6 Å². The zero-order chi connectivity index (χ0) is 33.8. The monoisotopic (exact) mass is 656 g/mol. The Balaban J connectivity index is 1.59. The zero-order valence-corrected chi connectivity index (χ0v) is 28.9. The summed E-state index contributed by atoms with van der Waals surface area (Å²) in [6.45, 7) is 12.6. The number of hydrogen-bond donors (Lipinski definition) is 0. The first-order chi connectivity index (χ1) is 22.6. The second-order valence-electron chi connectivity index (χ2n) is 11.2. The third kappa shape index (κ3) is 6.69. The van der Waals surface area contributed by atoms with Gasteiger partial charge in [0.1, 0.15) is 12.6 Å². The Morgan fingerprint density at radius 1 is 0.915 bits per heavy atom. The molecule has 1 aliphatic rings. The van der Waals surface area contributed by atoms with Crippen molar-refractivity contribution in [3.05, 3.63) is 113 Å². The molecule has 0 spiro atoms. The smallest absolute Gasteiger partial charge is 0.338 e. The largest absolute Gasteiger partial charge is 0.493 e.